The van der Waals surface area contributed by atoms with Crippen LogP contribution in [0.25, 0.3) is 0 Å². The third-order valence-corrected chi connectivity index (χ3v) is 4.21. The molecule has 1 fully saturated rings. The van der Waals surface area contributed by atoms with Crippen LogP contribution in [0.3, 0.4) is 0 Å². The Hall–Kier alpha value is -1.08. The van der Waals surface area contributed by atoms with Crippen molar-refractivity contribution >= 4 is 36.4 Å². The van der Waals surface area contributed by atoms with E-state index in [0.717, 1.165) is 39.3 Å². The van der Waals surface area contributed by atoms with Gasteiger partial charge in [-0.25, -0.2) is 4.39 Å². The van der Waals surface area contributed by atoms with Crippen LogP contribution in [0.2, 0.25) is 0 Å². The van der Waals surface area contributed by atoms with E-state index in [1.165, 1.54) is 6.07 Å². The second-order valence-corrected chi connectivity index (χ2v) is 5.70. The molecule has 0 unspecified atom stereocenters. The maximum absolute atomic E-state index is 14.4. The topological polar surface area (TPSA) is 47.6 Å². The summed E-state index contributed by atoms with van der Waals surface area (Å²) in [4.78, 5) is 16.4. The lowest BCUT2D eigenvalue weighted by Crippen LogP contribution is -2.46. The Morgan fingerprint density at radius 2 is 1.80 bits per heavy atom. The molecule has 0 radical (unpaired) electrons. The monoisotopic (exact) mass is 394 g/mol. The number of nitrogens with one attached hydrogen (secondary N) is 2. The molecule has 0 aromatic heterocycles. The van der Waals surface area contributed by atoms with E-state index in [2.05, 4.69) is 22.5 Å². The van der Waals surface area contributed by atoms with Crippen molar-refractivity contribution < 1.29 is 9.18 Å². The Balaban J connectivity index is 0.00000288. The summed E-state index contributed by atoms with van der Waals surface area (Å²) in [6.45, 7) is 10.8. The summed E-state index contributed by atoms with van der Waals surface area (Å²) < 4.78 is 14.4. The number of likely N-dealkylation sites (N-methyl/N-ethyl adjacent to an activating group) is 2. The maximum Gasteiger partial charge on any atom is 0.251 e. The Kier molecular flexibility index (Phi) is 11.8. The second kappa shape index (κ2) is 12.3. The third kappa shape index (κ3) is 6.98. The lowest BCUT2D eigenvalue weighted by atomic mass is 10.1. The van der Waals surface area contributed by atoms with Gasteiger partial charge in [-0.1, -0.05) is 13.8 Å². The molecule has 1 saturated heterocycles. The molecule has 2 N–H and O–H groups in total. The minimum absolute atomic E-state index is 0. The van der Waals surface area contributed by atoms with E-state index in [1.807, 2.05) is 11.8 Å². The van der Waals surface area contributed by atoms with Gasteiger partial charge in [0, 0.05) is 44.8 Å². The predicted molar refractivity (Wildman–Crippen MR) is 106 cm³/mol. The van der Waals surface area contributed by atoms with Gasteiger partial charge in [-0.05, 0) is 31.3 Å². The first-order valence-electron chi connectivity index (χ1n) is 8.41. The second-order valence-electron chi connectivity index (χ2n) is 5.70. The summed E-state index contributed by atoms with van der Waals surface area (Å²) in [7, 11) is 0. The molecule has 1 aromatic rings. The molecule has 8 heteroatoms. The number of hydrogen-bond acceptors (Lipinski definition) is 4. The summed E-state index contributed by atoms with van der Waals surface area (Å²) in [6, 6.07) is 4.76. The van der Waals surface area contributed by atoms with E-state index in [4.69, 9.17) is 0 Å². The normalized spacial score (nSPS) is 14.4. The summed E-state index contributed by atoms with van der Waals surface area (Å²) in [6.07, 6.45) is 0. The fraction of sp³-hybridized carbons (Fsp3) is 0.588. The molecular formula is C17H29Cl2FN4O. The molecule has 0 saturated carbocycles. The number of amides is 1. The van der Waals surface area contributed by atoms with Gasteiger partial charge in [-0.3, -0.25) is 4.79 Å². The van der Waals surface area contributed by atoms with Gasteiger partial charge < -0.3 is 20.4 Å². The molecule has 2 rings (SSSR count). The predicted octanol–water partition coefficient (Wildman–Crippen LogP) is 2.15. The first kappa shape index (κ1) is 23.9. The largest absolute Gasteiger partial charge is 0.367 e. The van der Waals surface area contributed by atoms with Gasteiger partial charge in [-0.2, -0.15) is 0 Å². The Bertz CT molecular complexity index is 525. The summed E-state index contributed by atoms with van der Waals surface area (Å²) >= 11 is 0. The van der Waals surface area contributed by atoms with Gasteiger partial charge in [0.1, 0.15) is 5.82 Å². The van der Waals surface area contributed by atoms with Gasteiger partial charge in [0.15, 0.2) is 0 Å². The third-order valence-electron chi connectivity index (χ3n) is 4.21. The zero-order valence-electron chi connectivity index (χ0n) is 14.9. The number of piperazine rings is 1. The number of rotatable bonds is 7. The zero-order chi connectivity index (χ0) is 16.7. The fourth-order valence-electron chi connectivity index (χ4n) is 2.75. The van der Waals surface area contributed by atoms with E-state index in [0.29, 0.717) is 24.3 Å². The molecule has 0 spiro atoms. The first-order chi connectivity index (χ1) is 11.2. The van der Waals surface area contributed by atoms with Crippen molar-refractivity contribution in [3.63, 3.8) is 0 Å². The van der Waals surface area contributed by atoms with Crippen LogP contribution in [-0.4, -0.2) is 63.2 Å². The summed E-state index contributed by atoms with van der Waals surface area (Å²) in [5, 5.41) is 5.91. The highest BCUT2D eigenvalue weighted by molar-refractivity contribution is 5.94. The van der Waals surface area contributed by atoms with E-state index in [-0.39, 0.29) is 36.5 Å². The van der Waals surface area contributed by atoms with Gasteiger partial charge in [0.2, 0.25) is 0 Å². The lowest BCUT2D eigenvalue weighted by Gasteiger charge is -2.35. The van der Waals surface area contributed by atoms with Crippen molar-refractivity contribution in [2.75, 3.05) is 57.3 Å². The highest BCUT2D eigenvalue weighted by Crippen LogP contribution is 2.22. The quantitative estimate of drug-likeness (QED) is 0.695. The molecule has 0 atom stereocenters. The van der Waals surface area contributed by atoms with Crippen LogP contribution in [0.15, 0.2) is 18.2 Å². The van der Waals surface area contributed by atoms with Crippen LogP contribution in [0.1, 0.15) is 24.2 Å². The molecule has 25 heavy (non-hydrogen) atoms. The molecule has 0 aliphatic carbocycles. The number of carbonyl (C=O) groups is 1. The van der Waals surface area contributed by atoms with E-state index >= 15 is 0 Å². The Labute approximate surface area is 162 Å². The highest BCUT2D eigenvalue weighted by Gasteiger charge is 2.19. The van der Waals surface area contributed by atoms with Crippen molar-refractivity contribution in [2.45, 2.75) is 13.8 Å². The van der Waals surface area contributed by atoms with E-state index in [1.54, 1.807) is 12.1 Å². The average Bonchev–Trinajstić information content (AvgIpc) is 2.58. The average molecular weight is 395 g/mol. The molecule has 1 aromatic carbocycles. The molecule has 1 heterocycles. The van der Waals surface area contributed by atoms with Crippen molar-refractivity contribution in [3.05, 3.63) is 29.6 Å². The van der Waals surface area contributed by atoms with Crippen molar-refractivity contribution in [1.82, 2.24) is 15.5 Å². The van der Waals surface area contributed by atoms with E-state index in [9.17, 15) is 9.18 Å². The standard InChI is InChI=1S/C17H27FN4O.2ClH/c1-3-19-7-8-20-17(23)14-5-6-16(15(18)13-14)22-11-9-21(4-2)10-12-22;;/h5-6,13,19H,3-4,7-12H2,1-2H3,(H,20,23);2*1H. The van der Waals surface area contributed by atoms with Crippen LogP contribution in [-0.2, 0) is 0 Å². The lowest BCUT2D eigenvalue weighted by molar-refractivity contribution is 0.0953. The zero-order valence-corrected chi connectivity index (χ0v) is 16.5. The molecule has 144 valence electrons. The van der Waals surface area contributed by atoms with Crippen molar-refractivity contribution in [1.29, 1.82) is 0 Å². The van der Waals surface area contributed by atoms with Gasteiger partial charge in [-0.15, -0.1) is 24.8 Å². The molecule has 5 nitrogen and oxygen atoms in total. The Morgan fingerprint density at radius 3 is 2.36 bits per heavy atom. The first-order valence-corrected chi connectivity index (χ1v) is 8.41. The minimum Gasteiger partial charge on any atom is -0.367 e. The number of carbonyl (C=O) groups excluding carboxylic acids is 1. The van der Waals surface area contributed by atoms with Crippen LogP contribution >= 0.6 is 24.8 Å². The van der Waals surface area contributed by atoms with Crippen molar-refractivity contribution in [2.24, 2.45) is 0 Å². The number of benzene rings is 1. The van der Waals surface area contributed by atoms with E-state index < -0.39 is 0 Å². The number of hydrogen-bond donors (Lipinski definition) is 2. The summed E-state index contributed by atoms with van der Waals surface area (Å²) in [5.74, 6) is -0.557. The summed E-state index contributed by atoms with van der Waals surface area (Å²) in [5.41, 5.74) is 0.958. The molecule has 0 bridgehead atoms. The van der Waals surface area contributed by atoms with Crippen LogP contribution in [0.5, 0.6) is 0 Å². The molecule has 1 aliphatic rings. The van der Waals surface area contributed by atoms with Crippen LogP contribution in [0, 0.1) is 5.82 Å². The SMILES string of the molecule is CCNCCNC(=O)c1ccc(N2CCN(CC)CC2)c(F)c1.Cl.Cl. The molecule has 1 aliphatic heterocycles. The minimum atomic E-state index is -0.325. The van der Waals surface area contributed by atoms with Crippen molar-refractivity contribution in [3.8, 4) is 0 Å². The Morgan fingerprint density at radius 1 is 1.12 bits per heavy atom. The molecule has 1 amide bonds. The number of nitrogens with zero attached hydrogens (tertiary/aromatic N) is 2. The fourth-order valence-corrected chi connectivity index (χ4v) is 2.75. The van der Waals surface area contributed by atoms with Gasteiger partial charge in [0.25, 0.3) is 5.91 Å². The van der Waals surface area contributed by atoms with Crippen LogP contribution < -0.4 is 15.5 Å². The van der Waals surface area contributed by atoms with Gasteiger partial charge in [0.05, 0.1) is 5.69 Å². The molecular weight excluding hydrogens is 366 g/mol. The van der Waals surface area contributed by atoms with Gasteiger partial charge >= 0.3 is 0 Å². The smallest absolute Gasteiger partial charge is 0.251 e. The maximum atomic E-state index is 14.4. The number of anilines is 1. The number of halogens is 3. The highest BCUT2D eigenvalue weighted by atomic mass is 35.5. The van der Waals surface area contributed by atoms with Crippen LogP contribution in [0.4, 0.5) is 10.1 Å².